The molecule has 152 valence electrons. The quantitative estimate of drug-likeness (QED) is 0.520. The molecule has 0 bridgehead atoms. The van der Waals surface area contributed by atoms with Gasteiger partial charge in [-0.2, -0.15) is 15.2 Å². The van der Waals surface area contributed by atoms with E-state index in [9.17, 15) is 12.8 Å². The summed E-state index contributed by atoms with van der Waals surface area (Å²) in [6, 6.07) is 4.63. The average Bonchev–Trinajstić information content (AvgIpc) is 3.14. The van der Waals surface area contributed by atoms with Gasteiger partial charge in [-0.25, -0.2) is 17.5 Å². The van der Waals surface area contributed by atoms with Gasteiger partial charge in [-0.05, 0) is 22.0 Å². The molecule has 0 aliphatic rings. The highest BCUT2D eigenvalue weighted by Crippen LogP contribution is 2.36. The molecule has 0 fully saturated rings. The lowest BCUT2D eigenvalue weighted by molar-refractivity contribution is 0.290. The number of anilines is 1. The minimum atomic E-state index is -4.20. The molecule has 0 radical (unpaired) electrons. The number of aromatic amines is 1. The summed E-state index contributed by atoms with van der Waals surface area (Å²) in [5.41, 5.74) is 0.0241. The minimum Gasteiger partial charge on any atom is -0.478 e. The Morgan fingerprint density at radius 1 is 1.28 bits per heavy atom. The fraction of sp³-hybridized carbons (Fsp3) is 0.188. The molecule has 13 heteroatoms. The van der Waals surface area contributed by atoms with Gasteiger partial charge in [-0.1, -0.05) is 6.07 Å². The number of nitriles is 1. The molecular formula is C16H13BrFN5O5S. The molecule has 0 aliphatic heterocycles. The largest absolute Gasteiger partial charge is 0.478 e. The van der Waals surface area contributed by atoms with Gasteiger partial charge in [0.2, 0.25) is 11.7 Å². The SMILES string of the molecule is COc1nc(NS(=O)(=O)c2c[nH]c3c(F)c(Br)ccc23)nc(OC)c1OCC#N. The molecule has 2 N–H and O–H groups in total. The van der Waals surface area contributed by atoms with E-state index in [1.165, 1.54) is 26.4 Å². The van der Waals surface area contributed by atoms with Crippen LogP contribution in [-0.2, 0) is 10.0 Å². The number of halogens is 2. The molecule has 29 heavy (non-hydrogen) atoms. The Labute approximate surface area is 172 Å². The normalized spacial score (nSPS) is 11.1. The maximum Gasteiger partial charge on any atom is 0.266 e. The molecule has 0 saturated carbocycles. The number of fused-ring (bicyclic) bond motifs is 1. The number of rotatable bonds is 7. The van der Waals surface area contributed by atoms with Gasteiger partial charge < -0.3 is 19.2 Å². The minimum absolute atomic E-state index is 0.0241. The number of nitrogens with zero attached hydrogens (tertiary/aromatic N) is 3. The highest BCUT2D eigenvalue weighted by Gasteiger charge is 2.25. The van der Waals surface area contributed by atoms with Crippen LogP contribution in [0.4, 0.5) is 10.3 Å². The molecule has 0 spiro atoms. The van der Waals surface area contributed by atoms with Crippen molar-refractivity contribution < 1.29 is 27.0 Å². The Bertz CT molecular complexity index is 1200. The standard InChI is InChI=1S/C16H13BrFN5O5S/c1-26-14-13(28-6-5-19)15(27-2)22-16(21-14)23-29(24,25)10-7-20-12-8(10)3-4-9(17)11(12)18/h3-4,7,20H,6H2,1-2H3,(H,21,22,23). The first-order chi connectivity index (χ1) is 13.8. The summed E-state index contributed by atoms with van der Waals surface area (Å²) in [7, 11) is -1.64. The van der Waals surface area contributed by atoms with Gasteiger partial charge in [0.15, 0.2) is 12.4 Å². The summed E-state index contributed by atoms with van der Waals surface area (Å²) >= 11 is 3.05. The second kappa shape index (κ2) is 8.10. The van der Waals surface area contributed by atoms with E-state index < -0.39 is 15.8 Å². The molecule has 1 aromatic carbocycles. The molecule has 0 amide bonds. The Kier molecular flexibility index (Phi) is 5.76. The topological polar surface area (TPSA) is 139 Å². The molecular weight excluding hydrogens is 473 g/mol. The molecule has 0 atom stereocenters. The van der Waals surface area contributed by atoms with Crippen LogP contribution in [0, 0.1) is 17.1 Å². The third-order valence-electron chi connectivity index (χ3n) is 3.69. The van der Waals surface area contributed by atoms with Crippen LogP contribution in [-0.4, -0.2) is 44.2 Å². The van der Waals surface area contributed by atoms with Crippen molar-refractivity contribution in [2.75, 3.05) is 25.5 Å². The van der Waals surface area contributed by atoms with Gasteiger partial charge >= 0.3 is 0 Å². The zero-order valence-electron chi connectivity index (χ0n) is 15.0. The lowest BCUT2D eigenvalue weighted by Gasteiger charge is -2.13. The van der Waals surface area contributed by atoms with Crippen molar-refractivity contribution in [3.05, 3.63) is 28.6 Å². The highest BCUT2D eigenvalue weighted by atomic mass is 79.9. The number of nitrogens with one attached hydrogen (secondary N) is 2. The zero-order valence-corrected chi connectivity index (χ0v) is 17.4. The van der Waals surface area contributed by atoms with Gasteiger partial charge in [-0.3, -0.25) is 0 Å². The van der Waals surface area contributed by atoms with Crippen molar-refractivity contribution in [2.24, 2.45) is 0 Å². The van der Waals surface area contributed by atoms with E-state index in [2.05, 4.69) is 35.6 Å². The average molecular weight is 486 g/mol. The van der Waals surface area contributed by atoms with E-state index in [1.807, 2.05) is 0 Å². The number of ether oxygens (including phenoxy) is 3. The van der Waals surface area contributed by atoms with E-state index >= 15 is 0 Å². The smallest absolute Gasteiger partial charge is 0.266 e. The van der Waals surface area contributed by atoms with Gasteiger partial charge in [0.1, 0.15) is 11.0 Å². The molecule has 2 aromatic heterocycles. The molecule has 10 nitrogen and oxygen atoms in total. The summed E-state index contributed by atoms with van der Waals surface area (Å²) < 4.78 is 57.5. The first kappa shape index (κ1) is 20.6. The van der Waals surface area contributed by atoms with Crippen LogP contribution < -0.4 is 18.9 Å². The van der Waals surface area contributed by atoms with Crippen molar-refractivity contribution in [3.8, 4) is 23.6 Å². The van der Waals surface area contributed by atoms with Crippen LogP contribution in [0.15, 0.2) is 27.7 Å². The Hall–Kier alpha value is -3.11. The van der Waals surface area contributed by atoms with Gasteiger partial charge in [0.25, 0.3) is 21.8 Å². The molecule has 3 aromatic rings. The molecule has 0 saturated heterocycles. The van der Waals surface area contributed by atoms with Crippen molar-refractivity contribution >= 4 is 42.8 Å². The maximum absolute atomic E-state index is 14.2. The maximum atomic E-state index is 14.2. The predicted octanol–water partition coefficient (Wildman–Crippen LogP) is 2.58. The van der Waals surface area contributed by atoms with E-state index in [0.717, 1.165) is 6.20 Å². The van der Waals surface area contributed by atoms with Crippen molar-refractivity contribution in [3.63, 3.8) is 0 Å². The zero-order chi connectivity index (χ0) is 21.2. The third-order valence-corrected chi connectivity index (χ3v) is 5.67. The van der Waals surface area contributed by atoms with E-state index in [1.54, 1.807) is 6.07 Å². The van der Waals surface area contributed by atoms with E-state index in [-0.39, 0.29) is 50.3 Å². The van der Waals surface area contributed by atoms with Crippen LogP contribution in [0.2, 0.25) is 0 Å². The Morgan fingerprint density at radius 3 is 2.52 bits per heavy atom. The number of aromatic nitrogens is 3. The summed E-state index contributed by atoms with van der Waals surface area (Å²) in [5.74, 6) is -1.33. The van der Waals surface area contributed by atoms with E-state index in [0.29, 0.717) is 0 Å². The van der Waals surface area contributed by atoms with E-state index in [4.69, 9.17) is 19.5 Å². The van der Waals surface area contributed by atoms with Crippen LogP contribution in [0.3, 0.4) is 0 Å². The number of sulfonamides is 1. The first-order valence-electron chi connectivity index (χ1n) is 7.80. The summed E-state index contributed by atoms with van der Waals surface area (Å²) in [6.45, 7) is -0.322. The number of hydrogen-bond acceptors (Lipinski definition) is 8. The lowest BCUT2D eigenvalue weighted by Crippen LogP contribution is -2.16. The van der Waals surface area contributed by atoms with Crippen LogP contribution in [0.5, 0.6) is 17.5 Å². The predicted molar refractivity (Wildman–Crippen MR) is 103 cm³/mol. The second-order valence-corrected chi connectivity index (χ2v) is 7.89. The molecule has 2 heterocycles. The van der Waals surface area contributed by atoms with Crippen molar-refractivity contribution in [1.29, 1.82) is 5.26 Å². The lowest BCUT2D eigenvalue weighted by atomic mass is 10.2. The number of methoxy groups -OCH3 is 2. The van der Waals surface area contributed by atoms with Crippen LogP contribution in [0.1, 0.15) is 0 Å². The van der Waals surface area contributed by atoms with Crippen LogP contribution >= 0.6 is 15.9 Å². The van der Waals surface area contributed by atoms with Gasteiger partial charge in [0, 0.05) is 11.6 Å². The number of hydrogen-bond donors (Lipinski definition) is 2. The summed E-state index contributed by atoms with van der Waals surface area (Å²) in [5, 5.41) is 8.81. The fourth-order valence-corrected chi connectivity index (χ4v) is 3.92. The second-order valence-electron chi connectivity index (χ2n) is 5.38. The van der Waals surface area contributed by atoms with Crippen molar-refractivity contribution in [2.45, 2.75) is 4.90 Å². The molecule has 0 aliphatic carbocycles. The third kappa shape index (κ3) is 3.89. The number of H-pyrrole nitrogens is 1. The Balaban J connectivity index is 2.03. The van der Waals surface area contributed by atoms with Crippen molar-refractivity contribution in [1.82, 2.24) is 15.0 Å². The highest BCUT2D eigenvalue weighted by molar-refractivity contribution is 9.10. The summed E-state index contributed by atoms with van der Waals surface area (Å²) in [6.07, 6.45) is 1.15. The Morgan fingerprint density at radius 2 is 1.93 bits per heavy atom. The first-order valence-corrected chi connectivity index (χ1v) is 10.1. The van der Waals surface area contributed by atoms with Crippen LogP contribution in [0.25, 0.3) is 10.9 Å². The summed E-state index contributed by atoms with van der Waals surface area (Å²) in [4.78, 5) is 10.3. The van der Waals surface area contributed by atoms with Gasteiger partial charge in [0.05, 0.1) is 24.2 Å². The molecule has 3 rings (SSSR count). The van der Waals surface area contributed by atoms with Gasteiger partial charge in [-0.15, -0.1) is 0 Å². The number of benzene rings is 1. The molecule has 0 unspecified atom stereocenters. The fourth-order valence-electron chi connectivity index (χ4n) is 2.47. The monoisotopic (exact) mass is 485 g/mol.